The fourth-order valence-corrected chi connectivity index (χ4v) is 2.33. The first-order chi connectivity index (χ1) is 9.74. The molecule has 0 aliphatic carbocycles. The lowest BCUT2D eigenvalue weighted by Crippen LogP contribution is -2.23. The Morgan fingerprint density at radius 3 is 3.05 bits per heavy atom. The molecule has 1 aliphatic rings. The van der Waals surface area contributed by atoms with Crippen LogP contribution < -0.4 is 5.32 Å². The van der Waals surface area contributed by atoms with Gasteiger partial charge in [0.15, 0.2) is 0 Å². The highest BCUT2D eigenvalue weighted by Gasteiger charge is 2.23. The van der Waals surface area contributed by atoms with Crippen LogP contribution in [0.3, 0.4) is 0 Å². The van der Waals surface area contributed by atoms with E-state index in [1.54, 1.807) is 10.9 Å². The van der Waals surface area contributed by atoms with Gasteiger partial charge in [-0.25, -0.2) is 4.68 Å². The molecule has 1 atom stereocenters. The van der Waals surface area contributed by atoms with Gasteiger partial charge in [0, 0.05) is 24.7 Å². The lowest BCUT2D eigenvalue weighted by molar-refractivity contribution is -0.119. The van der Waals surface area contributed by atoms with Crippen LogP contribution in [0.5, 0.6) is 0 Å². The van der Waals surface area contributed by atoms with Crippen molar-refractivity contribution in [2.24, 2.45) is 5.92 Å². The van der Waals surface area contributed by atoms with Gasteiger partial charge < -0.3 is 10.1 Å². The fraction of sp³-hybridized carbons (Fsp3) is 0.333. The van der Waals surface area contributed by atoms with Gasteiger partial charge in [0.25, 0.3) is 0 Å². The molecule has 1 fully saturated rings. The molecule has 1 aromatic heterocycles. The lowest BCUT2D eigenvalue weighted by atomic mass is 10.1. The Hall–Kier alpha value is -2.14. The summed E-state index contributed by atoms with van der Waals surface area (Å²) in [7, 11) is 0. The van der Waals surface area contributed by atoms with E-state index in [2.05, 4.69) is 10.4 Å². The number of anilines is 1. The van der Waals surface area contributed by atoms with E-state index in [0.29, 0.717) is 13.2 Å². The summed E-state index contributed by atoms with van der Waals surface area (Å²) < 4.78 is 7.04. The molecule has 20 heavy (non-hydrogen) atoms. The summed E-state index contributed by atoms with van der Waals surface area (Å²) in [5.41, 5.74) is 2.85. The molecule has 104 valence electrons. The predicted molar refractivity (Wildman–Crippen MR) is 75.9 cm³/mol. The Morgan fingerprint density at radius 1 is 1.50 bits per heavy atom. The molecular weight excluding hydrogens is 254 g/mol. The maximum absolute atomic E-state index is 12.1. The van der Waals surface area contributed by atoms with E-state index in [9.17, 15) is 4.79 Å². The molecule has 3 rings (SSSR count). The molecule has 0 bridgehead atoms. The molecule has 5 heteroatoms. The first-order valence-corrected chi connectivity index (χ1v) is 6.73. The fourth-order valence-electron chi connectivity index (χ4n) is 2.33. The van der Waals surface area contributed by atoms with Gasteiger partial charge in [-0.3, -0.25) is 4.79 Å². The van der Waals surface area contributed by atoms with E-state index >= 15 is 0 Å². The Kier molecular flexibility index (Phi) is 3.52. The maximum Gasteiger partial charge on any atom is 0.229 e. The number of ether oxygens (including phenoxy) is 1. The van der Waals surface area contributed by atoms with Crippen molar-refractivity contribution in [1.29, 1.82) is 0 Å². The SMILES string of the molecule is Cc1cc(-n2cccn2)ccc1NC(=O)C1CCOC1. The third-order valence-corrected chi connectivity index (χ3v) is 3.54. The topological polar surface area (TPSA) is 56.2 Å². The summed E-state index contributed by atoms with van der Waals surface area (Å²) in [6.07, 6.45) is 4.43. The van der Waals surface area contributed by atoms with Crippen LogP contribution in [0.1, 0.15) is 12.0 Å². The molecule has 1 aliphatic heterocycles. The molecular formula is C15H17N3O2. The molecule has 2 aromatic rings. The van der Waals surface area contributed by atoms with E-state index in [0.717, 1.165) is 23.4 Å². The molecule has 0 radical (unpaired) electrons. The highest BCUT2D eigenvalue weighted by molar-refractivity contribution is 5.93. The highest BCUT2D eigenvalue weighted by atomic mass is 16.5. The molecule has 5 nitrogen and oxygen atoms in total. The van der Waals surface area contributed by atoms with Crippen LogP contribution in [-0.2, 0) is 9.53 Å². The normalized spacial score (nSPS) is 18.1. The van der Waals surface area contributed by atoms with E-state index in [1.807, 2.05) is 37.4 Å². The van der Waals surface area contributed by atoms with Crippen molar-refractivity contribution in [3.05, 3.63) is 42.2 Å². The Bertz CT molecular complexity index is 602. The van der Waals surface area contributed by atoms with Crippen molar-refractivity contribution >= 4 is 11.6 Å². The van der Waals surface area contributed by atoms with Crippen molar-refractivity contribution in [3.8, 4) is 5.69 Å². The van der Waals surface area contributed by atoms with Crippen LogP contribution in [0.2, 0.25) is 0 Å². The van der Waals surface area contributed by atoms with Gasteiger partial charge in [-0.2, -0.15) is 5.10 Å². The van der Waals surface area contributed by atoms with Crippen LogP contribution in [0.15, 0.2) is 36.7 Å². The third kappa shape index (κ3) is 2.58. The van der Waals surface area contributed by atoms with Gasteiger partial charge in [0.05, 0.1) is 18.2 Å². The standard InChI is InChI=1S/C15H17N3O2/c1-11-9-13(18-7-2-6-16-18)3-4-14(11)17-15(19)12-5-8-20-10-12/h2-4,6-7,9,12H,5,8,10H2,1H3,(H,17,19). The van der Waals surface area contributed by atoms with Gasteiger partial charge in [-0.05, 0) is 43.2 Å². The lowest BCUT2D eigenvalue weighted by Gasteiger charge is -2.12. The van der Waals surface area contributed by atoms with E-state index in [-0.39, 0.29) is 11.8 Å². The van der Waals surface area contributed by atoms with Crippen molar-refractivity contribution in [2.75, 3.05) is 18.5 Å². The van der Waals surface area contributed by atoms with Gasteiger partial charge in [-0.15, -0.1) is 0 Å². The molecule has 2 heterocycles. The second-order valence-electron chi connectivity index (χ2n) is 5.00. The summed E-state index contributed by atoms with van der Waals surface area (Å²) in [4.78, 5) is 12.1. The molecule has 1 unspecified atom stereocenters. The molecule has 1 amide bonds. The Morgan fingerprint density at radius 2 is 2.40 bits per heavy atom. The maximum atomic E-state index is 12.1. The predicted octanol–water partition coefficient (Wildman–Crippen LogP) is 2.16. The number of hydrogen-bond acceptors (Lipinski definition) is 3. The molecule has 0 spiro atoms. The summed E-state index contributed by atoms with van der Waals surface area (Å²) in [5.74, 6) is 0.0117. The van der Waals surface area contributed by atoms with E-state index in [1.165, 1.54) is 0 Å². The van der Waals surface area contributed by atoms with Gasteiger partial charge in [-0.1, -0.05) is 0 Å². The number of aryl methyl sites for hydroxylation is 1. The minimum atomic E-state index is -0.0276. The van der Waals surface area contributed by atoms with Crippen LogP contribution >= 0.6 is 0 Å². The minimum Gasteiger partial charge on any atom is -0.381 e. The molecule has 0 saturated carbocycles. The molecule has 1 aromatic carbocycles. The van der Waals surface area contributed by atoms with Crippen molar-refractivity contribution in [2.45, 2.75) is 13.3 Å². The third-order valence-electron chi connectivity index (χ3n) is 3.54. The van der Waals surface area contributed by atoms with Crippen molar-refractivity contribution < 1.29 is 9.53 Å². The van der Waals surface area contributed by atoms with Gasteiger partial charge in [0.2, 0.25) is 5.91 Å². The number of hydrogen-bond donors (Lipinski definition) is 1. The van der Waals surface area contributed by atoms with Crippen LogP contribution in [0, 0.1) is 12.8 Å². The van der Waals surface area contributed by atoms with Gasteiger partial charge >= 0.3 is 0 Å². The summed E-state index contributed by atoms with van der Waals surface area (Å²) >= 11 is 0. The smallest absolute Gasteiger partial charge is 0.229 e. The average molecular weight is 271 g/mol. The van der Waals surface area contributed by atoms with E-state index in [4.69, 9.17) is 4.74 Å². The van der Waals surface area contributed by atoms with Crippen LogP contribution in [0.4, 0.5) is 5.69 Å². The van der Waals surface area contributed by atoms with Crippen LogP contribution in [-0.4, -0.2) is 28.9 Å². The number of aromatic nitrogens is 2. The summed E-state index contributed by atoms with van der Waals surface area (Å²) in [6, 6.07) is 7.75. The number of nitrogens with zero attached hydrogens (tertiary/aromatic N) is 2. The molecule has 1 saturated heterocycles. The second-order valence-corrected chi connectivity index (χ2v) is 5.00. The zero-order chi connectivity index (χ0) is 13.9. The first-order valence-electron chi connectivity index (χ1n) is 6.73. The average Bonchev–Trinajstić information content (AvgIpc) is 3.14. The first kappa shape index (κ1) is 12.9. The summed E-state index contributed by atoms with van der Waals surface area (Å²) in [5, 5.41) is 7.17. The summed E-state index contributed by atoms with van der Waals surface area (Å²) in [6.45, 7) is 3.18. The largest absolute Gasteiger partial charge is 0.381 e. The van der Waals surface area contributed by atoms with Gasteiger partial charge in [0.1, 0.15) is 0 Å². The van der Waals surface area contributed by atoms with Crippen molar-refractivity contribution in [1.82, 2.24) is 9.78 Å². The second kappa shape index (κ2) is 5.46. The zero-order valence-corrected chi connectivity index (χ0v) is 11.4. The molecule has 1 N–H and O–H groups in total. The number of benzene rings is 1. The highest BCUT2D eigenvalue weighted by Crippen LogP contribution is 2.21. The number of carbonyl (C=O) groups is 1. The number of rotatable bonds is 3. The quantitative estimate of drug-likeness (QED) is 0.930. The number of nitrogens with one attached hydrogen (secondary N) is 1. The minimum absolute atomic E-state index is 0.0276. The number of carbonyl (C=O) groups excluding carboxylic acids is 1. The zero-order valence-electron chi connectivity index (χ0n) is 11.4. The van der Waals surface area contributed by atoms with E-state index < -0.39 is 0 Å². The number of amides is 1. The van der Waals surface area contributed by atoms with Crippen LogP contribution in [0.25, 0.3) is 5.69 Å². The monoisotopic (exact) mass is 271 g/mol. The van der Waals surface area contributed by atoms with Crippen molar-refractivity contribution in [3.63, 3.8) is 0 Å². The Labute approximate surface area is 117 Å². The Balaban J connectivity index is 1.76.